The molecule has 0 fully saturated rings. The van der Waals surface area contributed by atoms with Crippen LogP contribution in [0.1, 0.15) is 45.2 Å². The Balaban J connectivity index is 2.37. The molecule has 1 amide bonds. The van der Waals surface area contributed by atoms with Gasteiger partial charge in [0.15, 0.2) is 0 Å². The molecule has 2 aromatic rings. The number of sulfonamides is 1. The van der Waals surface area contributed by atoms with Gasteiger partial charge in [-0.3, -0.25) is 9.10 Å². The van der Waals surface area contributed by atoms with Crippen molar-refractivity contribution < 1.29 is 17.9 Å². The molecule has 0 aliphatic rings. The summed E-state index contributed by atoms with van der Waals surface area (Å²) in [4.78, 5) is 13.3. The molecular weight excluding hydrogens is 436 g/mol. The summed E-state index contributed by atoms with van der Waals surface area (Å²) >= 11 is 6.08. The van der Waals surface area contributed by atoms with E-state index in [9.17, 15) is 13.2 Å². The van der Waals surface area contributed by atoms with Crippen molar-refractivity contribution >= 4 is 33.2 Å². The molecule has 31 heavy (non-hydrogen) atoms. The zero-order valence-corrected chi connectivity index (χ0v) is 20.2. The number of methoxy groups -OCH3 is 1. The molecule has 0 saturated carbocycles. The van der Waals surface area contributed by atoms with Crippen molar-refractivity contribution in [2.24, 2.45) is 5.92 Å². The molecule has 0 radical (unpaired) electrons. The van der Waals surface area contributed by atoms with E-state index in [1.54, 1.807) is 38.3 Å². The van der Waals surface area contributed by atoms with E-state index >= 15 is 0 Å². The minimum atomic E-state index is -3.73. The van der Waals surface area contributed by atoms with Crippen LogP contribution in [0.5, 0.6) is 5.75 Å². The average molecular weight is 467 g/mol. The SMILES string of the molecule is CC[C@@H](C(=O)N[C@@H](CC(C)C)c1ccc(OC)cc1)N(c1cccc(Cl)c1)S(C)(=O)=O. The number of rotatable bonds is 10. The minimum Gasteiger partial charge on any atom is -0.497 e. The molecule has 0 aliphatic heterocycles. The van der Waals surface area contributed by atoms with E-state index < -0.39 is 16.1 Å². The van der Waals surface area contributed by atoms with Gasteiger partial charge in [-0.05, 0) is 54.7 Å². The predicted molar refractivity (Wildman–Crippen MR) is 126 cm³/mol. The highest BCUT2D eigenvalue weighted by Gasteiger charge is 2.33. The fraction of sp³-hybridized carbons (Fsp3) is 0.435. The lowest BCUT2D eigenvalue weighted by atomic mass is 9.96. The minimum absolute atomic E-state index is 0.256. The first kappa shape index (κ1) is 25.0. The summed E-state index contributed by atoms with van der Waals surface area (Å²) in [5.41, 5.74) is 1.30. The molecule has 2 aromatic carbocycles. The second-order valence-corrected chi connectivity index (χ2v) is 10.2. The lowest BCUT2D eigenvalue weighted by molar-refractivity contribution is -0.123. The fourth-order valence-electron chi connectivity index (χ4n) is 3.53. The highest BCUT2D eigenvalue weighted by atomic mass is 35.5. The van der Waals surface area contributed by atoms with Crippen molar-refractivity contribution in [2.75, 3.05) is 17.7 Å². The van der Waals surface area contributed by atoms with Crippen LogP contribution in [-0.2, 0) is 14.8 Å². The molecular formula is C23H31ClN2O4S. The fourth-order valence-corrected chi connectivity index (χ4v) is 4.92. The van der Waals surface area contributed by atoms with Crippen LogP contribution in [-0.4, -0.2) is 33.7 Å². The van der Waals surface area contributed by atoms with Crippen LogP contribution in [0.25, 0.3) is 0 Å². The molecule has 0 bridgehead atoms. The summed E-state index contributed by atoms with van der Waals surface area (Å²) in [7, 11) is -2.13. The number of nitrogens with zero attached hydrogens (tertiary/aromatic N) is 1. The van der Waals surface area contributed by atoms with Crippen molar-refractivity contribution in [3.8, 4) is 5.75 Å². The summed E-state index contributed by atoms with van der Waals surface area (Å²) in [6, 6.07) is 12.9. The van der Waals surface area contributed by atoms with E-state index in [4.69, 9.17) is 16.3 Å². The Labute approximate surface area is 190 Å². The topological polar surface area (TPSA) is 75.7 Å². The maximum atomic E-state index is 13.3. The molecule has 0 aromatic heterocycles. The third-order valence-electron chi connectivity index (χ3n) is 4.93. The van der Waals surface area contributed by atoms with Gasteiger partial charge in [0.25, 0.3) is 0 Å². The summed E-state index contributed by atoms with van der Waals surface area (Å²) in [6.07, 6.45) is 2.12. The van der Waals surface area contributed by atoms with Crippen LogP contribution in [0.4, 0.5) is 5.69 Å². The van der Waals surface area contributed by atoms with Crippen LogP contribution in [0.15, 0.2) is 48.5 Å². The Bertz CT molecular complexity index is 977. The van der Waals surface area contributed by atoms with Gasteiger partial charge < -0.3 is 10.1 Å². The monoisotopic (exact) mass is 466 g/mol. The van der Waals surface area contributed by atoms with Crippen molar-refractivity contribution in [1.29, 1.82) is 0 Å². The van der Waals surface area contributed by atoms with E-state index in [0.29, 0.717) is 29.5 Å². The summed E-state index contributed by atoms with van der Waals surface area (Å²) in [6.45, 7) is 5.95. The van der Waals surface area contributed by atoms with Gasteiger partial charge in [-0.15, -0.1) is 0 Å². The highest BCUT2D eigenvalue weighted by Crippen LogP contribution is 2.27. The van der Waals surface area contributed by atoms with Gasteiger partial charge in [0, 0.05) is 5.02 Å². The Kier molecular flexibility index (Phi) is 8.77. The van der Waals surface area contributed by atoms with Crippen LogP contribution in [0.2, 0.25) is 5.02 Å². The molecule has 0 heterocycles. The van der Waals surface area contributed by atoms with E-state index in [1.807, 2.05) is 24.3 Å². The normalized spacial score (nSPS) is 13.5. The Morgan fingerprint density at radius 1 is 1.16 bits per heavy atom. The van der Waals surface area contributed by atoms with E-state index in [-0.39, 0.29) is 11.9 Å². The molecule has 0 unspecified atom stereocenters. The zero-order valence-electron chi connectivity index (χ0n) is 18.6. The van der Waals surface area contributed by atoms with Gasteiger partial charge >= 0.3 is 0 Å². The van der Waals surface area contributed by atoms with Crippen LogP contribution >= 0.6 is 11.6 Å². The van der Waals surface area contributed by atoms with Crippen molar-refractivity contribution in [3.05, 3.63) is 59.1 Å². The van der Waals surface area contributed by atoms with Gasteiger partial charge in [-0.1, -0.05) is 50.6 Å². The Morgan fingerprint density at radius 3 is 2.29 bits per heavy atom. The maximum absolute atomic E-state index is 13.3. The molecule has 170 valence electrons. The number of halogens is 1. The lowest BCUT2D eigenvalue weighted by Gasteiger charge is -2.32. The summed E-state index contributed by atoms with van der Waals surface area (Å²) < 4.78 is 31.7. The number of amides is 1. The van der Waals surface area contributed by atoms with E-state index in [0.717, 1.165) is 21.9 Å². The molecule has 8 heteroatoms. The first-order chi connectivity index (χ1) is 14.6. The first-order valence-electron chi connectivity index (χ1n) is 10.3. The Morgan fingerprint density at radius 2 is 1.81 bits per heavy atom. The van der Waals surface area contributed by atoms with Crippen molar-refractivity contribution in [2.45, 2.75) is 45.7 Å². The van der Waals surface area contributed by atoms with Gasteiger partial charge in [0.2, 0.25) is 15.9 Å². The third-order valence-corrected chi connectivity index (χ3v) is 6.35. The second kappa shape index (κ2) is 10.9. The lowest BCUT2D eigenvalue weighted by Crippen LogP contribution is -2.50. The molecule has 2 atom stereocenters. The maximum Gasteiger partial charge on any atom is 0.244 e. The third kappa shape index (κ3) is 6.87. The van der Waals surface area contributed by atoms with Crippen LogP contribution < -0.4 is 14.4 Å². The van der Waals surface area contributed by atoms with Crippen molar-refractivity contribution in [1.82, 2.24) is 5.32 Å². The standard InChI is InChI=1S/C23H31ClN2O4S/c1-6-22(26(31(5,28)29)19-9-7-8-18(24)15-19)23(27)25-21(14-16(2)3)17-10-12-20(30-4)13-11-17/h7-13,15-16,21-22H,6,14H2,1-5H3,(H,25,27)/t21-,22-/m0/s1. The highest BCUT2D eigenvalue weighted by molar-refractivity contribution is 7.92. The molecule has 0 aliphatic carbocycles. The molecule has 0 saturated heterocycles. The predicted octanol–water partition coefficient (Wildman–Crippen LogP) is 4.80. The number of anilines is 1. The Hall–Kier alpha value is -2.25. The number of benzene rings is 2. The number of hydrogen-bond donors (Lipinski definition) is 1. The van der Waals surface area contributed by atoms with Gasteiger partial charge in [0.1, 0.15) is 11.8 Å². The van der Waals surface area contributed by atoms with E-state index in [1.165, 1.54) is 0 Å². The number of carbonyl (C=O) groups is 1. The number of carbonyl (C=O) groups excluding carboxylic acids is 1. The smallest absolute Gasteiger partial charge is 0.244 e. The van der Waals surface area contributed by atoms with Gasteiger partial charge in [-0.25, -0.2) is 8.42 Å². The average Bonchev–Trinajstić information content (AvgIpc) is 2.70. The molecule has 6 nitrogen and oxygen atoms in total. The number of hydrogen-bond acceptors (Lipinski definition) is 4. The van der Waals surface area contributed by atoms with E-state index in [2.05, 4.69) is 19.2 Å². The first-order valence-corrected chi connectivity index (χ1v) is 12.5. The number of ether oxygens (including phenoxy) is 1. The second-order valence-electron chi connectivity index (χ2n) is 7.93. The van der Waals surface area contributed by atoms with Gasteiger partial charge in [-0.2, -0.15) is 0 Å². The molecule has 2 rings (SSSR count). The van der Waals surface area contributed by atoms with Crippen LogP contribution in [0, 0.1) is 5.92 Å². The summed E-state index contributed by atoms with van der Waals surface area (Å²) in [5.74, 6) is 0.704. The number of nitrogens with one attached hydrogen (secondary N) is 1. The molecule has 0 spiro atoms. The summed E-state index contributed by atoms with van der Waals surface area (Å²) in [5, 5.41) is 3.47. The largest absolute Gasteiger partial charge is 0.497 e. The quantitative estimate of drug-likeness (QED) is 0.545. The van der Waals surface area contributed by atoms with Crippen LogP contribution in [0.3, 0.4) is 0 Å². The zero-order chi connectivity index (χ0) is 23.2. The van der Waals surface area contributed by atoms with Crippen molar-refractivity contribution in [3.63, 3.8) is 0 Å². The van der Waals surface area contributed by atoms with Gasteiger partial charge in [0.05, 0.1) is 25.1 Å². The molecule has 1 N–H and O–H groups in total.